The van der Waals surface area contributed by atoms with Crippen molar-refractivity contribution in [2.75, 3.05) is 39.9 Å². The minimum atomic E-state index is 0.447. The Kier molecular flexibility index (Phi) is 8.94. The Balaban J connectivity index is 4.03. The number of methoxy groups -OCH3 is 1. The SMILES string of the molecule is C=CCN(CC)C(CNCC)COC. The van der Waals surface area contributed by atoms with E-state index in [9.17, 15) is 0 Å². The molecule has 0 saturated carbocycles. The van der Waals surface area contributed by atoms with E-state index >= 15 is 0 Å². The van der Waals surface area contributed by atoms with Gasteiger partial charge < -0.3 is 10.1 Å². The summed E-state index contributed by atoms with van der Waals surface area (Å²) in [4.78, 5) is 2.36. The molecule has 3 nitrogen and oxygen atoms in total. The van der Waals surface area contributed by atoms with Crippen LogP contribution in [0, 0.1) is 0 Å². The molecule has 0 bridgehead atoms. The van der Waals surface area contributed by atoms with Gasteiger partial charge in [-0.1, -0.05) is 19.9 Å². The summed E-state index contributed by atoms with van der Waals surface area (Å²) in [6.07, 6.45) is 1.94. The molecular weight excluding hydrogens is 176 g/mol. The summed E-state index contributed by atoms with van der Waals surface area (Å²) in [6, 6.07) is 0.447. The fraction of sp³-hybridized carbons (Fsp3) is 0.818. The van der Waals surface area contributed by atoms with Gasteiger partial charge in [-0.25, -0.2) is 0 Å². The third kappa shape index (κ3) is 5.37. The average molecular weight is 200 g/mol. The van der Waals surface area contributed by atoms with E-state index in [4.69, 9.17) is 4.74 Å². The van der Waals surface area contributed by atoms with Crippen LogP contribution in [-0.2, 0) is 4.74 Å². The van der Waals surface area contributed by atoms with Crippen molar-refractivity contribution in [2.24, 2.45) is 0 Å². The van der Waals surface area contributed by atoms with Gasteiger partial charge >= 0.3 is 0 Å². The van der Waals surface area contributed by atoms with Crippen molar-refractivity contribution >= 4 is 0 Å². The molecular formula is C11H24N2O. The second-order valence-corrected chi connectivity index (χ2v) is 3.29. The zero-order valence-corrected chi connectivity index (χ0v) is 9.75. The van der Waals surface area contributed by atoms with Crippen molar-refractivity contribution < 1.29 is 4.74 Å². The predicted molar refractivity (Wildman–Crippen MR) is 61.7 cm³/mol. The number of rotatable bonds is 9. The van der Waals surface area contributed by atoms with Crippen LogP contribution in [0.3, 0.4) is 0 Å². The van der Waals surface area contributed by atoms with Crippen LogP contribution < -0.4 is 5.32 Å². The molecule has 0 fully saturated rings. The highest BCUT2D eigenvalue weighted by molar-refractivity contribution is 4.79. The van der Waals surface area contributed by atoms with Gasteiger partial charge in [0.1, 0.15) is 0 Å². The normalized spacial score (nSPS) is 13.1. The van der Waals surface area contributed by atoms with Crippen molar-refractivity contribution in [1.29, 1.82) is 0 Å². The lowest BCUT2D eigenvalue weighted by molar-refractivity contribution is 0.100. The van der Waals surface area contributed by atoms with E-state index in [1.807, 2.05) is 6.08 Å². The Morgan fingerprint density at radius 2 is 2.21 bits per heavy atom. The quantitative estimate of drug-likeness (QED) is 0.564. The fourth-order valence-corrected chi connectivity index (χ4v) is 1.50. The summed E-state index contributed by atoms with van der Waals surface area (Å²) >= 11 is 0. The molecule has 0 aliphatic rings. The summed E-state index contributed by atoms with van der Waals surface area (Å²) < 4.78 is 5.21. The molecule has 1 atom stereocenters. The molecule has 0 aromatic rings. The van der Waals surface area contributed by atoms with Crippen LogP contribution in [0.5, 0.6) is 0 Å². The van der Waals surface area contributed by atoms with Gasteiger partial charge in [0.2, 0.25) is 0 Å². The Morgan fingerprint density at radius 1 is 1.50 bits per heavy atom. The highest BCUT2D eigenvalue weighted by Crippen LogP contribution is 1.99. The molecule has 0 saturated heterocycles. The molecule has 0 heterocycles. The molecule has 0 spiro atoms. The van der Waals surface area contributed by atoms with E-state index in [1.54, 1.807) is 7.11 Å². The third-order valence-corrected chi connectivity index (χ3v) is 2.28. The monoisotopic (exact) mass is 200 g/mol. The molecule has 0 radical (unpaired) electrons. The van der Waals surface area contributed by atoms with Crippen LogP contribution in [0.25, 0.3) is 0 Å². The molecule has 1 N–H and O–H groups in total. The van der Waals surface area contributed by atoms with Crippen molar-refractivity contribution in [3.63, 3.8) is 0 Å². The van der Waals surface area contributed by atoms with Crippen LogP contribution >= 0.6 is 0 Å². The summed E-state index contributed by atoms with van der Waals surface area (Å²) in [5.74, 6) is 0. The standard InChI is InChI=1S/C11H24N2O/c1-5-8-13(7-3)11(10-14-4)9-12-6-2/h5,11-12H,1,6-10H2,2-4H3. The first-order valence-electron chi connectivity index (χ1n) is 5.34. The first-order valence-corrected chi connectivity index (χ1v) is 5.34. The number of likely N-dealkylation sites (N-methyl/N-ethyl adjacent to an activating group) is 2. The first-order chi connectivity index (χ1) is 6.79. The maximum Gasteiger partial charge on any atom is 0.0630 e. The minimum absolute atomic E-state index is 0.447. The Bertz CT molecular complexity index is 139. The molecule has 0 aromatic heterocycles. The van der Waals surface area contributed by atoms with E-state index in [0.717, 1.165) is 32.8 Å². The first kappa shape index (κ1) is 13.6. The number of ether oxygens (including phenoxy) is 1. The molecule has 0 rings (SSSR count). The van der Waals surface area contributed by atoms with E-state index in [0.29, 0.717) is 6.04 Å². The molecule has 0 amide bonds. The second kappa shape index (κ2) is 9.19. The van der Waals surface area contributed by atoms with E-state index in [1.165, 1.54) is 0 Å². The van der Waals surface area contributed by atoms with Crippen molar-refractivity contribution in [2.45, 2.75) is 19.9 Å². The van der Waals surface area contributed by atoms with Gasteiger partial charge in [-0.3, -0.25) is 4.90 Å². The Labute approximate surface area is 88.1 Å². The molecule has 84 valence electrons. The average Bonchev–Trinajstić information content (AvgIpc) is 2.21. The van der Waals surface area contributed by atoms with Gasteiger partial charge in [0.15, 0.2) is 0 Å². The number of nitrogens with zero attached hydrogens (tertiary/aromatic N) is 1. The van der Waals surface area contributed by atoms with Crippen LogP contribution in [0.1, 0.15) is 13.8 Å². The lowest BCUT2D eigenvalue weighted by atomic mass is 10.2. The zero-order valence-electron chi connectivity index (χ0n) is 9.75. The maximum atomic E-state index is 5.21. The zero-order chi connectivity index (χ0) is 10.8. The summed E-state index contributed by atoms with van der Waals surface area (Å²) in [5, 5.41) is 3.35. The van der Waals surface area contributed by atoms with E-state index in [-0.39, 0.29) is 0 Å². The van der Waals surface area contributed by atoms with E-state index < -0.39 is 0 Å². The Hall–Kier alpha value is -0.380. The summed E-state index contributed by atoms with van der Waals surface area (Å²) in [5.41, 5.74) is 0. The molecule has 14 heavy (non-hydrogen) atoms. The van der Waals surface area contributed by atoms with Gasteiger partial charge in [-0.05, 0) is 13.1 Å². The molecule has 0 aliphatic carbocycles. The van der Waals surface area contributed by atoms with Crippen molar-refractivity contribution in [3.8, 4) is 0 Å². The highest BCUT2D eigenvalue weighted by Gasteiger charge is 2.14. The maximum absolute atomic E-state index is 5.21. The fourth-order valence-electron chi connectivity index (χ4n) is 1.50. The van der Waals surface area contributed by atoms with Crippen molar-refractivity contribution in [3.05, 3.63) is 12.7 Å². The summed E-state index contributed by atoms with van der Waals surface area (Å²) in [7, 11) is 1.75. The largest absolute Gasteiger partial charge is 0.383 e. The van der Waals surface area contributed by atoms with Gasteiger partial charge in [-0.15, -0.1) is 6.58 Å². The lowest BCUT2D eigenvalue weighted by Gasteiger charge is -2.29. The predicted octanol–water partition coefficient (Wildman–Crippen LogP) is 1.12. The molecule has 0 aliphatic heterocycles. The smallest absolute Gasteiger partial charge is 0.0630 e. The van der Waals surface area contributed by atoms with Crippen LogP contribution in [-0.4, -0.2) is 50.8 Å². The highest BCUT2D eigenvalue weighted by atomic mass is 16.5. The van der Waals surface area contributed by atoms with E-state index in [2.05, 4.69) is 30.6 Å². The number of hydrogen-bond acceptors (Lipinski definition) is 3. The van der Waals surface area contributed by atoms with Gasteiger partial charge in [0.25, 0.3) is 0 Å². The van der Waals surface area contributed by atoms with Gasteiger partial charge in [0.05, 0.1) is 6.61 Å². The van der Waals surface area contributed by atoms with Gasteiger partial charge in [0, 0.05) is 26.2 Å². The molecule has 3 heteroatoms. The number of nitrogens with one attached hydrogen (secondary N) is 1. The van der Waals surface area contributed by atoms with Crippen LogP contribution in [0.2, 0.25) is 0 Å². The van der Waals surface area contributed by atoms with Crippen LogP contribution in [0.4, 0.5) is 0 Å². The minimum Gasteiger partial charge on any atom is -0.383 e. The molecule has 1 unspecified atom stereocenters. The van der Waals surface area contributed by atoms with Gasteiger partial charge in [-0.2, -0.15) is 0 Å². The third-order valence-electron chi connectivity index (χ3n) is 2.28. The number of hydrogen-bond donors (Lipinski definition) is 1. The molecule has 0 aromatic carbocycles. The second-order valence-electron chi connectivity index (χ2n) is 3.29. The summed E-state index contributed by atoms with van der Waals surface area (Å²) in [6.45, 7) is 12.8. The van der Waals surface area contributed by atoms with Crippen LogP contribution in [0.15, 0.2) is 12.7 Å². The topological polar surface area (TPSA) is 24.5 Å². The Morgan fingerprint density at radius 3 is 2.64 bits per heavy atom. The lowest BCUT2D eigenvalue weighted by Crippen LogP contribution is -2.45. The van der Waals surface area contributed by atoms with Crippen molar-refractivity contribution in [1.82, 2.24) is 10.2 Å².